The molecule has 2 heterocycles. The second-order valence-corrected chi connectivity index (χ2v) is 6.58. The molecule has 7 heteroatoms. The second-order valence-electron chi connectivity index (χ2n) is 5.64. The van der Waals surface area contributed by atoms with E-state index in [9.17, 15) is 4.79 Å². The van der Waals surface area contributed by atoms with E-state index in [1.807, 2.05) is 28.8 Å². The third kappa shape index (κ3) is 4.96. The Morgan fingerprint density at radius 1 is 1.28 bits per heavy atom. The zero-order chi connectivity index (χ0) is 17.5. The smallest absolute Gasteiger partial charge is 0.230 e. The average molecular weight is 356 g/mol. The summed E-state index contributed by atoms with van der Waals surface area (Å²) in [5.74, 6) is 1.13. The van der Waals surface area contributed by atoms with Gasteiger partial charge in [0.1, 0.15) is 12.1 Å². The third-order valence-electron chi connectivity index (χ3n) is 3.80. The van der Waals surface area contributed by atoms with E-state index in [4.69, 9.17) is 4.42 Å². The molecule has 3 rings (SSSR count). The molecule has 1 amide bonds. The Bertz CT molecular complexity index is 814. The van der Waals surface area contributed by atoms with Gasteiger partial charge in [0.15, 0.2) is 5.16 Å². The number of thioether (sulfide) groups is 1. The molecule has 0 spiro atoms. The lowest BCUT2D eigenvalue weighted by molar-refractivity contribution is -0.118. The van der Waals surface area contributed by atoms with Gasteiger partial charge < -0.3 is 14.3 Å². The largest absolute Gasteiger partial charge is 0.467 e. The van der Waals surface area contributed by atoms with Crippen LogP contribution in [0.25, 0.3) is 0 Å². The van der Waals surface area contributed by atoms with Crippen LogP contribution in [0.4, 0.5) is 0 Å². The Balaban J connectivity index is 1.43. The van der Waals surface area contributed by atoms with Gasteiger partial charge in [0.25, 0.3) is 0 Å². The summed E-state index contributed by atoms with van der Waals surface area (Å²) >= 11 is 1.37. The van der Waals surface area contributed by atoms with E-state index in [2.05, 4.69) is 34.6 Å². The molecule has 1 N–H and O–H groups in total. The fraction of sp³-hybridized carbons (Fsp3) is 0.278. The van der Waals surface area contributed by atoms with E-state index < -0.39 is 0 Å². The highest BCUT2D eigenvalue weighted by Crippen LogP contribution is 2.16. The summed E-state index contributed by atoms with van der Waals surface area (Å²) in [7, 11) is 0. The highest BCUT2D eigenvalue weighted by atomic mass is 32.2. The molecule has 0 aliphatic rings. The number of furan rings is 1. The molecule has 0 saturated carbocycles. The molecule has 0 aliphatic heterocycles. The van der Waals surface area contributed by atoms with Crippen LogP contribution in [0.5, 0.6) is 0 Å². The molecule has 0 radical (unpaired) electrons. The van der Waals surface area contributed by atoms with Crippen molar-refractivity contribution < 1.29 is 9.21 Å². The van der Waals surface area contributed by atoms with Crippen molar-refractivity contribution in [2.75, 3.05) is 12.3 Å². The Hall–Kier alpha value is -2.54. The fourth-order valence-corrected chi connectivity index (χ4v) is 3.19. The molecule has 3 aromatic rings. The minimum absolute atomic E-state index is 0.00821. The van der Waals surface area contributed by atoms with Gasteiger partial charge in [-0.05, 0) is 36.6 Å². The van der Waals surface area contributed by atoms with E-state index in [1.165, 1.54) is 22.9 Å². The van der Waals surface area contributed by atoms with E-state index >= 15 is 0 Å². The predicted octanol–water partition coefficient (Wildman–Crippen LogP) is 2.68. The van der Waals surface area contributed by atoms with Crippen LogP contribution in [0.15, 0.2) is 58.6 Å². The quantitative estimate of drug-likeness (QED) is 0.628. The van der Waals surface area contributed by atoms with Crippen LogP contribution in [0.2, 0.25) is 0 Å². The molecule has 0 bridgehead atoms. The van der Waals surface area contributed by atoms with Crippen molar-refractivity contribution in [3.05, 3.63) is 65.9 Å². The number of nitrogens with one attached hydrogen (secondary N) is 1. The van der Waals surface area contributed by atoms with Crippen molar-refractivity contribution in [3.8, 4) is 0 Å². The molecule has 1 aromatic carbocycles. The first-order valence-corrected chi connectivity index (χ1v) is 9.05. The Morgan fingerprint density at radius 2 is 2.16 bits per heavy atom. The first kappa shape index (κ1) is 17.3. The fourth-order valence-electron chi connectivity index (χ4n) is 2.44. The van der Waals surface area contributed by atoms with Crippen LogP contribution in [0, 0.1) is 6.92 Å². The van der Waals surface area contributed by atoms with Crippen molar-refractivity contribution in [1.29, 1.82) is 0 Å². The van der Waals surface area contributed by atoms with Gasteiger partial charge in [0, 0.05) is 6.54 Å². The minimum atomic E-state index is -0.00821. The molecular formula is C18H20N4O2S. The van der Waals surface area contributed by atoms with Crippen LogP contribution < -0.4 is 5.32 Å². The Labute approximate surface area is 150 Å². The number of carbonyl (C=O) groups excluding carboxylic acids is 1. The normalized spacial score (nSPS) is 10.8. The Kier molecular flexibility index (Phi) is 5.90. The molecule has 0 fully saturated rings. The lowest BCUT2D eigenvalue weighted by atomic mass is 10.1. The lowest BCUT2D eigenvalue weighted by Crippen LogP contribution is -2.27. The number of carbonyl (C=O) groups is 1. The number of amides is 1. The van der Waals surface area contributed by atoms with Crippen LogP contribution in [-0.4, -0.2) is 33.0 Å². The first-order valence-electron chi connectivity index (χ1n) is 8.06. The minimum Gasteiger partial charge on any atom is -0.467 e. The third-order valence-corrected chi connectivity index (χ3v) is 4.78. The van der Waals surface area contributed by atoms with Gasteiger partial charge in [-0.1, -0.05) is 36.0 Å². The number of nitrogens with zero attached hydrogens (tertiary/aromatic N) is 3. The number of hydrogen-bond donors (Lipinski definition) is 1. The summed E-state index contributed by atoms with van der Waals surface area (Å²) in [6, 6.07) is 12.0. The van der Waals surface area contributed by atoms with Gasteiger partial charge in [-0.3, -0.25) is 4.79 Å². The molecule has 2 aromatic heterocycles. The standard InChI is InChI=1S/C18H20N4O2S/c1-14-5-2-3-6-15(14)8-9-19-17(23)12-25-18-21-20-13-22(18)11-16-7-4-10-24-16/h2-7,10,13H,8-9,11-12H2,1H3,(H,19,23). The maximum atomic E-state index is 12.0. The molecular weight excluding hydrogens is 336 g/mol. The number of aromatic nitrogens is 3. The summed E-state index contributed by atoms with van der Waals surface area (Å²) < 4.78 is 7.19. The molecule has 0 aliphatic carbocycles. The molecule has 25 heavy (non-hydrogen) atoms. The van der Waals surface area contributed by atoms with Crippen LogP contribution in [0.3, 0.4) is 0 Å². The molecule has 0 saturated heterocycles. The zero-order valence-corrected chi connectivity index (χ0v) is 14.8. The first-order chi connectivity index (χ1) is 12.2. The van der Waals surface area contributed by atoms with E-state index in [1.54, 1.807) is 12.6 Å². The molecule has 130 valence electrons. The van der Waals surface area contributed by atoms with E-state index in [0.717, 1.165) is 12.2 Å². The maximum absolute atomic E-state index is 12.0. The van der Waals surface area contributed by atoms with Crippen molar-refractivity contribution in [2.24, 2.45) is 0 Å². The van der Waals surface area contributed by atoms with Crippen LogP contribution in [0.1, 0.15) is 16.9 Å². The van der Waals surface area contributed by atoms with E-state index in [-0.39, 0.29) is 5.91 Å². The molecule has 6 nitrogen and oxygen atoms in total. The Morgan fingerprint density at radius 3 is 2.96 bits per heavy atom. The van der Waals surface area contributed by atoms with Gasteiger partial charge in [0.05, 0.1) is 18.6 Å². The molecule has 0 atom stereocenters. The summed E-state index contributed by atoms with van der Waals surface area (Å²) in [5, 5.41) is 11.6. The van der Waals surface area contributed by atoms with Crippen molar-refractivity contribution >= 4 is 17.7 Å². The topological polar surface area (TPSA) is 73.0 Å². The van der Waals surface area contributed by atoms with Gasteiger partial charge in [0.2, 0.25) is 5.91 Å². The SMILES string of the molecule is Cc1ccccc1CCNC(=O)CSc1nncn1Cc1ccco1. The van der Waals surface area contributed by atoms with Gasteiger partial charge in [-0.15, -0.1) is 10.2 Å². The number of hydrogen-bond acceptors (Lipinski definition) is 5. The monoisotopic (exact) mass is 356 g/mol. The highest BCUT2D eigenvalue weighted by Gasteiger charge is 2.10. The predicted molar refractivity (Wildman–Crippen MR) is 96.4 cm³/mol. The number of aryl methyl sites for hydroxylation is 1. The summed E-state index contributed by atoms with van der Waals surface area (Å²) in [5.41, 5.74) is 2.51. The summed E-state index contributed by atoms with van der Waals surface area (Å²) in [6.45, 7) is 3.26. The van der Waals surface area contributed by atoms with Gasteiger partial charge in [-0.2, -0.15) is 0 Å². The van der Waals surface area contributed by atoms with Crippen molar-refractivity contribution in [2.45, 2.75) is 25.0 Å². The lowest BCUT2D eigenvalue weighted by Gasteiger charge is -2.08. The summed E-state index contributed by atoms with van der Waals surface area (Å²) in [4.78, 5) is 12.0. The van der Waals surface area contributed by atoms with Crippen molar-refractivity contribution in [3.63, 3.8) is 0 Å². The van der Waals surface area contributed by atoms with Gasteiger partial charge >= 0.3 is 0 Å². The van der Waals surface area contributed by atoms with Crippen molar-refractivity contribution in [1.82, 2.24) is 20.1 Å². The molecule has 0 unspecified atom stereocenters. The summed E-state index contributed by atoms with van der Waals surface area (Å²) in [6.07, 6.45) is 4.10. The van der Waals surface area contributed by atoms with Gasteiger partial charge in [-0.25, -0.2) is 0 Å². The second kappa shape index (κ2) is 8.53. The van der Waals surface area contributed by atoms with Crippen LogP contribution >= 0.6 is 11.8 Å². The average Bonchev–Trinajstić information content (AvgIpc) is 3.27. The maximum Gasteiger partial charge on any atom is 0.230 e. The number of benzene rings is 1. The van der Waals surface area contributed by atoms with E-state index in [0.29, 0.717) is 24.0 Å². The zero-order valence-electron chi connectivity index (χ0n) is 14.0. The highest BCUT2D eigenvalue weighted by molar-refractivity contribution is 7.99. The number of rotatable bonds is 8. The van der Waals surface area contributed by atoms with Crippen LogP contribution in [-0.2, 0) is 17.8 Å².